The van der Waals surface area contributed by atoms with E-state index in [0.29, 0.717) is 11.6 Å². The zero-order valence-corrected chi connectivity index (χ0v) is 8.33. The first-order chi connectivity index (χ1) is 7.55. The highest BCUT2D eigenvalue weighted by Crippen LogP contribution is 2.38. The number of benzene rings is 1. The number of imidazole rings is 1. The average molecular weight is 226 g/mol. The van der Waals surface area contributed by atoms with Crippen molar-refractivity contribution >= 4 is 11.0 Å². The number of nitrogens with zero attached hydrogens (tertiary/aromatic N) is 2. The van der Waals surface area contributed by atoms with Gasteiger partial charge in [0, 0.05) is 6.04 Å². The lowest BCUT2D eigenvalue weighted by Crippen LogP contribution is -2.04. The van der Waals surface area contributed by atoms with Gasteiger partial charge < -0.3 is 4.57 Å². The van der Waals surface area contributed by atoms with Crippen LogP contribution >= 0.6 is 0 Å². The monoisotopic (exact) mass is 226 g/mol. The lowest BCUT2D eigenvalue weighted by molar-refractivity contribution is -0.137. The molecule has 0 unspecified atom stereocenters. The van der Waals surface area contributed by atoms with Crippen molar-refractivity contribution in [2.75, 3.05) is 0 Å². The van der Waals surface area contributed by atoms with E-state index in [-0.39, 0.29) is 0 Å². The molecule has 1 aliphatic carbocycles. The fourth-order valence-electron chi connectivity index (χ4n) is 1.85. The molecule has 0 aliphatic heterocycles. The van der Waals surface area contributed by atoms with Crippen LogP contribution in [0.5, 0.6) is 0 Å². The fraction of sp³-hybridized carbons (Fsp3) is 0.364. The Labute approximate surface area is 89.7 Å². The van der Waals surface area contributed by atoms with Crippen molar-refractivity contribution in [2.45, 2.75) is 25.1 Å². The molecule has 1 saturated carbocycles. The SMILES string of the molecule is FC(F)(F)c1ccc2c(c1)ncn2C1CC1. The van der Waals surface area contributed by atoms with Crippen LogP contribution < -0.4 is 0 Å². The molecule has 0 spiro atoms. The van der Waals surface area contributed by atoms with Gasteiger partial charge in [-0.2, -0.15) is 13.2 Å². The van der Waals surface area contributed by atoms with Gasteiger partial charge in [-0.25, -0.2) is 4.98 Å². The number of fused-ring (bicyclic) bond motifs is 1. The van der Waals surface area contributed by atoms with Crippen LogP contribution in [0.1, 0.15) is 24.4 Å². The van der Waals surface area contributed by atoms with Gasteiger partial charge in [-0.1, -0.05) is 0 Å². The maximum Gasteiger partial charge on any atom is 0.416 e. The molecule has 5 heteroatoms. The summed E-state index contributed by atoms with van der Waals surface area (Å²) in [5.74, 6) is 0. The third kappa shape index (κ3) is 1.47. The molecule has 3 rings (SSSR count). The Balaban J connectivity index is 2.13. The van der Waals surface area contributed by atoms with Crippen molar-refractivity contribution in [3.8, 4) is 0 Å². The van der Waals surface area contributed by atoms with Gasteiger partial charge in [0.2, 0.25) is 0 Å². The molecule has 0 bridgehead atoms. The molecule has 1 heterocycles. The number of aromatic nitrogens is 2. The lowest BCUT2D eigenvalue weighted by atomic mass is 10.2. The van der Waals surface area contributed by atoms with E-state index < -0.39 is 11.7 Å². The van der Waals surface area contributed by atoms with Crippen LogP contribution in [0, 0.1) is 0 Å². The number of alkyl halides is 3. The summed E-state index contributed by atoms with van der Waals surface area (Å²) in [4.78, 5) is 4.02. The van der Waals surface area contributed by atoms with E-state index in [4.69, 9.17) is 0 Å². The van der Waals surface area contributed by atoms with Crippen LogP contribution in [0.3, 0.4) is 0 Å². The van der Waals surface area contributed by atoms with E-state index in [1.54, 1.807) is 6.33 Å². The molecular weight excluding hydrogens is 217 g/mol. The average Bonchev–Trinajstić information content (AvgIpc) is 2.96. The van der Waals surface area contributed by atoms with Gasteiger partial charge in [-0.3, -0.25) is 0 Å². The first-order valence-electron chi connectivity index (χ1n) is 5.09. The highest BCUT2D eigenvalue weighted by molar-refractivity contribution is 5.76. The number of hydrogen-bond donors (Lipinski definition) is 0. The summed E-state index contributed by atoms with van der Waals surface area (Å²) in [5, 5.41) is 0. The fourth-order valence-corrected chi connectivity index (χ4v) is 1.85. The minimum absolute atomic E-state index is 0.418. The van der Waals surface area contributed by atoms with Crippen LogP contribution in [-0.4, -0.2) is 9.55 Å². The Morgan fingerprint density at radius 3 is 2.62 bits per heavy atom. The predicted molar refractivity (Wildman–Crippen MR) is 53.0 cm³/mol. The van der Waals surface area contributed by atoms with Crippen molar-refractivity contribution in [2.24, 2.45) is 0 Å². The maximum atomic E-state index is 12.5. The van der Waals surface area contributed by atoms with E-state index in [2.05, 4.69) is 4.98 Å². The molecule has 1 aromatic carbocycles. The Morgan fingerprint density at radius 2 is 2.00 bits per heavy atom. The van der Waals surface area contributed by atoms with Crippen molar-refractivity contribution in [3.05, 3.63) is 30.1 Å². The Hall–Kier alpha value is -1.52. The second kappa shape index (κ2) is 2.99. The molecule has 0 N–H and O–H groups in total. The smallest absolute Gasteiger partial charge is 0.327 e. The molecule has 0 amide bonds. The normalized spacial score (nSPS) is 16.9. The molecule has 2 aromatic rings. The standard InChI is InChI=1S/C11H9F3N2/c12-11(13,14)7-1-4-10-9(5-7)15-6-16(10)8-2-3-8/h1,4-6,8H,2-3H2. The summed E-state index contributed by atoms with van der Waals surface area (Å²) in [6.07, 6.45) is -0.487. The molecule has 84 valence electrons. The third-order valence-electron chi connectivity index (χ3n) is 2.84. The van der Waals surface area contributed by atoms with Crippen molar-refractivity contribution < 1.29 is 13.2 Å². The third-order valence-corrected chi connectivity index (χ3v) is 2.84. The number of halogens is 3. The van der Waals surface area contributed by atoms with Gasteiger partial charge in [0.05, 0.1) is 22.9 Å². The van der Waals surface area contributed by atoms with Gasteiger partial charge >= 0.3 is 6.18 Å². The molecule has 0 radical (unpaired) electrons. The molecule has 1 aliphatic rings. The Morgan fingerprint density at radius 1 is 1.25 bits per heavy atom. The molecule has 0 atom stereocenters. The summed E-state index contributed by atoms with van der Waals surface area (Å²) in [6.45, 7) is 0. The quantitative estimate of drug-likeness (QED) is 0.728. The van der Waals surface area contributed by atoms with Gasteiger partial charge in [-0.15, -0.1) is 0 Å². The minimum Gasteiger partial charge on any atom is -0.327 e. The summed E-state index contributed by atoms with van der Waals surface area (Å²) < 4.78 is 39.3. The molecule has 1 fully saturated rings. The van der Waals surface area contributed by atoms with E-state index in [1.165, 1.54) is 6.07 Å². The van der Waals surface area contributed by atoms with Gasteiger partial charge in [-0.05, 0) is 31.0 Å². The Bertz CT molecular complexity index is 538. The number of hydrogen-bond acceptors (Lipinski definition) is 1. The van der Waals surface area contributed by atoms with Crippen molar-refractivity contribution in [1.29, 1.82) is 0 Å². The van der Waals surface area contributed by atoms with Crippen LogP contribution in [-0.2, 0) is 6.18 Å². The second-order valence-electron chi connectivity index (χ2n) is 4.08. The molecule has 0 saturated heterocycles. The van der Waals surface area contributed by atoms with Crippen molar-refractivity contribution in [1.82, 2.24) is 9.55 Å². The molecule has 2 nitrogen and oxygen atoms in total. The maximum absolute atomic E-state index is 12.5. The first-order valence-corrected chi connectivity index (χ1v) is 5.09. The topological polar surface area (TPSA) is 17.8 Å². The van der Waals surface area contributed by atoms with Crippen LogP contribution in [0.2, 0.25) is 0 Å². The van der Waals surface area contributed by atoms with Gasteiger partial charge in [0.15, 0.2) is 0 Å². The predicted octanol–water partition coefficient (Wildman–Crippen LogP) is 3.39. The van der Waals surface area contributed by atoms with E-state index in [9.17, 15) is 13.2 Å². The summed E-state index contributed by atoms with van der Waals surface area (Å²) in [7, 11) is 0. The summed E-state index contributed by atoms with van der Waals surface area (Å²) in [5.41, 5.74) is 0.568. The largest absolute Gasteiger partial charge is 0.416 e. The zero-order valence-electron chi connectivity index (χ0n) is 8.33. The summed E-state index contributed by atoms with van der Waals surface area (Å²) >= 11 is 0. The molecule has 16 heavy (non-hydrogen) atoms. The van der Waals surface area contributed by atoms with E-state index in [0.717, 1.165) is 30.5 Å². The van der Waals surface area contributed by atoms with Crippen LogP contribution in [0.25, 0.3) is 11.0 Å². The van der Waals surface area contributed by atoms with E-state index in [1.807, 2.05) is 4.57 Å². The van der Waals surface area contributed by atoms with Crippen LogP contribution in [0.15, 0.2) is 24.5 Å². The van der Waals surface area contributed by atoms with E-state index >= 15 is 0 Å². The van der Waals surface area contributed by atoms with Crippen molar-refractivity contribution in [3.63, 3.8) is 0 Å². The van der Waals surface area contributed by atoms with Gasteiger partial charge in [0.25, 0.3) is 0 Å². The summed E-state index contributed by atoms with van der Waals surface area (Å²) in [6, 6.07) is 4.15. The highest BCUT2D eigenvalue weighted by Gasteiger charge is 2.31. The lowest BCUT2D eigenvalue weighted by Gasteiger charge is -2.06. The van der Waals surface area contributed by atoms with Crippen LogP contribution in [0.4, 0.5) is 13.2 Å². The molecular formula is C11H9F3N2. The minimum atomic E-state index is -4.29. The zero-order chi connectivity index (χ0) is 11.3. The van der Waals surface area contributed by atoms with Gasteiger partial charge in [0.1, 0.15) is 0 Å². The molecule has 1 aromatic heterocycles. The second-order valence-corrected chi connectivity index (χ2v) is 4.08. The number of rotatable bonds is 1. The Kier molecular flexibility index (Phi) is 1.81. The highest BCUT2D eigenvalue weighted by atomic mass is 19.4. The first kappa shape index (κ1) is 9.69.